The molecular formula is C15H28N4O. The lowest BCUT2D eigenvalue weighted by Crippen LogP contribution is -2.38. The molecule has 1 aromatic heterocycles. The number of nitrogens with one attached hydrogen (secondary N) is 1. The molecule has 5 heteroatoms. The monoisotopic (exact) mass is 280 g/mol. The summed E-state index contributed by atoms with van der Waals surface area (Å²) in [5.41, 5.74) is 0.992. The van der Waals surface area contributed by atoms with Crippen LogP contribution in [-0.4, -0.2) is 54.2 Å². The minimum atomic E-state index is 0.703. The van der Waals surface area contributed by atoms with Crippen molar-refractivity contribution in [3.05, 3.63) is 17.5 Å². The average molecular weight is 280 g/mol. The number of likely N-dealkylation sites (N-methyl/N-ethyl adjacent to an activating group) is 2. The Balaban J connectivity index is 1.78. The molecule has 0 spiro atoms. The lowest BCUT2D eigenvalue weighted by atomic mass is 10.2. The van der Waals surface area contributed by atoms with Gasteiger partial charge in [-0.25, -0.2) is 0 Å². The standard InChI is InChI=1S/C15H28N4O/c1-4-16-10-13-9-15(20-17-13)12-18(3)11-14-7-6-8-19(14)5-2/h9,14,16H,4-8,10-12H2,1-3H3. The van der Waals surface area contributed by atoms with Crippen LogP contribution in [0.15, 0.2) is 10.6 Å². The van der Waals surface area contributed by atoms with Crippen molar-refractivity contribution in [3.63, 3.8) is 0 Å². The predicted molar refractivity (Wildman–Crippen MR) is 80.5 cm³/mol. The van der Waals surface area contributed by atoms with Crippen molar-refractivity contribution < 1.29 is 4.52 Å². The third-order valence-corrected chi connectivity index (χ3v) is 4.02. The lowest BCUT2D eigenvalue weighted by molar-refractivity contribution is 0.183. The molecule has 1 unspecified atom stereocenters. The summed E-state index contributed by atoms with van der Waals surface area (Å²) in [7, 11) is 2.17. The molecule has 0 saturated carbocycles. The van der Waals surface area contributed by atoms with E-state index in [0.717, 1.165) is 44.2 Å². The number of likely N-dealkylation sites (tertiary alicyclic amines) is 1. The summed E-state index contributed by atoms with van der Waals surface area (Å²) in [6.45, 7) is 10.5. The summed E-state index contributed by atoms with van der Waals surface area (Å²) in [5, 5.41) is 7.36. The van der Waals surface area contributed by atoms with Crippen LogP contribution in [0.1, 0.15) is 38.1 Å². The van der Waals surface area contributed by atoms with Gasteiger partial charge in [-0.1, -0.05) is 19.0 Å². The molecular weight excluding hydrogens is 252 g/mol. The summed E-state index contributed by atoms with van der Waals surface area (Å²) in [6, 6.07) is 2.76. The minimum absolute atomic E-state index is 0.703. The van der Waals surface area contributed by atoms with Crippen molar-refractivity contribution in [3.8, 4) is 0 Å². The number of rotatable bonds is 8. The third kappa shape index (κ3) is 4.30. The van der Waals surface area contributed by atoms with Gasteiger partial charge in [0.1, 0.15) is 0 Å². The maximum Gasteiger partial charge on any atom is 0.151 e. The van der Waals surface area contributed by atoms with Crippen LogP contribution >= 0.6 is 0 Å². The van der Waals surface area contributed by atoms with Crippen molar-refractivity contribution in [1.29, 1.82) is 0 Å². The van der Waals surface area contributed by atoms with E-state index in [0.29, 0.717) is 6.04 Å². The maximum atomic E-state index is 5.40. The van der Waals surface area contributed by atoms with Crippen molar-refractivity contribution in [2.75, 3.05) is 33.2 Å². The molecule has 114 valence electrons. The van der Waals surface area contributed by atoms with Gasteiger partial charge in [-0.3, -0.25) is 9.80 Å². The van der Waals surface area contributed by atoms with Crippen LogP contribution in [0.25, 0.3) is 0 Å². The van der Waals surface area contributed by atoms with Gasteiger partial charge in [0.2, 0.25) is 0 Å². The smallest absolute Gasteiger partial charge is 0.151 e. The fourth-order valence-electron chi connectivity index (χ4n) is 2.98. The van der Waals surface area contributed by atoms with Crippen molar-refractivity contribution in [1.82, 2.24) is 20.3 Å². The van der Waals surface area contributed by atoms with Gasteiger partial charge in [-0.05, 0) is 39.5 Å². The van der Waals surface area contributed by atoms with E-state index in [9.17, 15) is 0 Å². The fourth-order valence-corrected chi connectivity index (χ4v) is 2.98. The first kappa shape index (κ1) is 15.5. The van der Waals surface area contributed by atoms with Crippen molar-refractivity contribution >= 4 is 0 Å². The lowest BCUT2D eigenvalue weighted by Gasteiger charge is -2.27. The molecule has 0 amide bonds. The van der Waals surface area contributed by atoms with E-state index in [1.165, 1.54) is 19.4 Å². The van der Waals surface area contributed by atoms with Crippen LogP contribution in [-0.2, 0) is 13.1 Å². The quantitative estimate of drug-likeness (QED) is 0.785. The van der Waals surface area contributed by atoms with E-state index in [1.54, 1.807) is 0 Å². The zero-order valence-corrected chi connectivity index (χ0v) is 13.1. The van der Waals surface area contributed by atoms with Gasteiger partial charge in [-0.15, -0.1) is 0 Å². The molecule has 1 saturated heterocycles. The highest BCUT2D eigenvalue weighted by atomic mass is 16.5. The topological polar surface area (TPSA) is 44.5 Å². The largest absolute Gasteiger partial charge is 0.360 e. The van der Waals surface area contributed by atoms with Crippen molar-refractivity contribution in [2.45, 2.75) is 45.8 Å². The highest BCUT2D eigenvalue weighted by molar-refractivity contribution is 5.05. The van der Waals surface area contributed by atoms with Gasteiger partial charge in [-0.2, -0.15) is 0 Å². The van der Waals surface area contributed by atoms with E-state index in [1.807, 2.05) is 0 Å². The van der Waals surface area contributed by atoms with E-state index >= 15 is 0 Å². The number of nitrogens with zero attached hydrogens (tertiary/aromatic N) is 3. The second-order valence-electron chi connectivity index (χ2n) is 5.69. The van der Waals surface area contributed by atoms with E-state index < -0.39 is 0 Å². The van der Waals surface area contributed by atoms with Gasteiger partial charge >= 0.3 is 0 Å². The Kier molecular flexibility index (Phi) is 6.01. The highest BCUT2D eigenvalue weighted by Crippen LogP contribution is 2.18. The Morgan fingerprint density at radius 3 is 3.10 bits per heavy atom. The highest BCUT2D eigenvalue weighted by Gasteiger charge is 2.24. The van der Waals surface area contributed by atoms with E-state index in [4.69, 9.17) is 4.52 Å². The molecule has 5 nitrogen and oxygen atoms in total. The first-order valence-electron chi connectivity index (χ1n) is 7.80. The van der Waals surface area contributed by atoms with Crippen LogP contribution in [0.4, 0.5) is 0 Å². The molecule has 1 fully saturated rings. The predicted octanol–water partition coefficient (Wildman–Crippen LogP) is 1.70. The van der Waals surface area contributed by atoms with Gasteiger partial charge in [0.15, 0.2) is 5.76 Å². The van der Waals surface area contributed by atoms with Gasteiger partial charge in [0, 0.05) is 25.2 Å². The summed E-state index contributed by atoms with van der Waals surface area (Å²) in [4.78, 5) is 4.92. The molecule has 0 radical (unpaired) electrons. The average Bonchev–Trinajstić information content (AvgIpc) is 3.05. The van der Waals surface area contributed by atoms with Gasteiger partial charge < -0.3 is 9.84 Å². The molecule has 1 aliphatic rings. The summed E-state index contributed by atoms with van der Waals surface area (Å²) in [6.07, 6.45) is 2.65. The number of aromatic nitrogens is 1. The van der Waals surface area contributed by atoms with Gasteiger partial charge in [0.25, 0.3) is 0 Å². The number of hydrogen-bond donors (Lipinski definition) is 1. The molecule has 20 heavy (non-hydrogen) atoms. The Bertz CT molecular complexity index is 393. The van der Waals surface area contributed by atoms with Crippen LogP contribution < -0.4 is 5.32 Å². The maximum absolute atomic E-state index is 5.40. The molecule has 1 aromatic rings. The molecule has 0 bridgehead atoms. The molecule has 0 aromatic carbocycles. The Morgan fingerprint density at radius 1 is 1.50 bits per heavy atom. The van der Waals surface area contributed by atoms with Crippen LogP contribution in [0.3, 0.4) is 0 Å². The first-order valence-corrected chi connectivity index (χ1v) is 7.80. The zero-order chi connectivity index (χ0) is 14.4. The summed E-state index contributed by atoms with van der Waals surface area (Å²) >= 11 is 0. The third-order valence-electron chi connectivity index (χ3n) is 4.02. The molecule has 2 rings (SSSR count). The zero-order valence-electron chi connectivity index (χ0n) is 13.1. The SMILES string of the molecule is CCNCc1cc(CN(C)CC2CCCN2CC)on1. The van der Waals surface area contributed by atoms with Gasteiger partial charge in [0.05, 0.1) is 12.2 Å². The number of hydrogen-bond acceptors (Lipinski definition) is 5. The van der Waals surface area contributed by atoms with Crippen molar-refractivity contribution in [2.24, 2.45) is 0 Å². The summed E-state index contributed by atoms with van der Waals surface area (Å²) in [5.74, 6) is 0.960. The van der Waals surface area contributed by atoms with Crippen LogP contribution in [0, 0.1) is 0 Å². The minimum Gasteiger partial charge on any atom is -0.360 e. The molecule has 0 aliphatic carbocycles. The first-order chi connectivity index (χ1) is 9.72. The second kappa shape index (κ2) is 7.76. The Labute approximate surface area is 122 Å². The Morgan fingerprint density at radius 2 is 2.35 bits per heavy atom. The second-order valence-corrected chi connectivity index (χ2v) is 5.69. The van der Waals surface area contributed by atoms with Crippen LogP contribution in [0.2, 0.25) is 0 Å². The molecule has 2 heterocycles. The molecule has 1 N–H and O–H groups in total. The normalized spacial score (nSPS) is 20.1. The summed E-state index contributed by atoms with van der Waals surface area (Å²) < 4.78 is 5.40. The van der Waals surface area contributed by atoms with E-state index in [2.05, 4.69) is 47.2 Å². The molecule has 1 atom stereocenters. The molecule has 1 aliphatic heterocycles. The van der Waals surface area contributed by atoms with Crippen LogP contribution in [0.5, 0.6) is 0 Å². The Hall–Kier alpha value is -0.910. The van der Waals surface area contributed by atoms with E-state index in [-0.39, 0.29) is 0 Å². The fraction of sp³-hybridized carbons (Fsp3) is 0.800.